The minimum Gasteiger partial charge on any atom is -0.481 e. The van der Waals surface area contributed by atoms with E-state index in [2.05, 4.69) is 20.8 Å². The van der Waals surface area contributed by atoms with Gasteiger partial charge in [-0.1, -0.05) is 15.9 Å². The van der Waals surface area contributed by atoms with Crippen LogP contribution in [0.4, 0.5) is 4.39 Å². The van der Waals surface area contributed by atoms with E-state index in [-0.39, 0.29) is 18.3 Å². The minimum absolute atomic E-state index is 0.216. The van der Waals surface area contributed by atoms with Gasteiger partial charge in [0.2, 0.25) is 0 Å². The van der Waals surface area contributed by atoms with Crippen LogP contribution in [0.5, 0.6) is 0 Å². The highest BCUT2D eigenvalue weighted by Crippen LogP contribution is 2.33. The number of carboxylic acid groups (broad SMARTS) is 1. The van der Waals surface area contributed by atoms with E-state index in [0.717, 1.165) is 42.4 Å². The molecule has 1 atom stereocenters. The highest BCUT2D eigenvalue weighted by Gasteiger charge is 2.26. The molecule has 20 heavy (non-hydrogen) atoms. The second-order valence-electron chi connectivity index (χ2n) is 5.25. The van der Waals surface area contributed by atoms with Crippen LogP contribution >= 0.6 is 15.9 Å². The lowest BCUT2D eigenvalue weighted by atomic mass is 10.0. The van der Waals surface area contributed by atoms with Crippen molar-refractivity contribution in [3.05, 3.63) is 34.1 Å². The maximum Gasteiger partial charge on any atom is 0.303 e. The smallest absolute Gasteiger partial charge is 0.303 e. The molecule has 1 aliphatic heterocycles. The van der Waals surface area contributed by atoms with Crippen molar-refractivity contribution in [3.8, 4) is 0 Å². The fourth-order valence-electron chi connectivity index (χ4n) is 2.83. The molecule has 1 saturated heterocycles. The molecule has 1 N–H and O–H groups in total. The molecule has 1 heterocycles. The van der Waals surface area contributed by atoms with Gasteiger partial charge in [0.15, 0.2) is 0 Å². The first-order chi connectivity index (χ1) is 9.56. The van der Waals surface area contributed by atoms with E-state index in [4.69, 9.17) is 5.11 Å². The summed E-state index contributed by atoms with van der Waals surface area (Å²) in [5.41, 5.74) is 1.01. The third-order valence-electron chi connectivity index (χ3n) is 3.72. The number of hydrogen-bond donors (Lipinski definition) is 1. The van der Waals surface area contributed by atoms with Gasteiger partial charge in [0.1, 0.15) is 5.82 Å². The van der Waals surface area contributed by atoms with Gasteiger partial charge >= 0.3 is 5.97 Å². The molecule has 1 aromatic carbocycles. The third kappa shape index (κ3) is 4.28. The van der Waals surface area contributed by atoms with E-state index in [0.29, 0.717) is 6.42 Å². The highest BCUT2D eigenvalue weighted by atomic mass is 79.9. The summed E-state index contributed by atoms with van der Waals surface area (Å²) >= 11 is 3.34. The van der Waals surface area contributed by atoms with E-state index >= 15 is 0 Å². The van der Waals surface area contributed by atoms with Crippen LogP contribution in [0.2, 0.25) is 0 Å². The SMILES string of the molecule is O=C(O)CCCCN1CCCC1c1cc(F)cc(Br)c1. The molecule has 0 amide bonds. The zero-order chi connectivity index (χ0) is 14.5. The second-order valence-corrected chi connectivity index (χ2v) is 6.16. The molecule has 1 aliphatic rings. The first-order valence-corrected chi connectivity index (χ1v) is 7.77. The number of aliphatic carboxylic acids is 1. The quantitative estimate of drug-likeness (QED) is 0.794. The Bertz CT molecular complexity index is 461. The van der Waals surface area contributed by atoms with E-state index in [1.165, 1.54) is 6.07 Å². The Morgan fingerprint density at radius 3 is 2.90 bits per heavy atom. The van der Waals surface area contributed by atoms with Crippen molar-refractivity contribution >= 4 is 21.9 Å². The normalized spacial score (nSPS) is 19.4. The second kappa shape index (κ2) is 7.18. The number of likely N-dealkylation sites (tertiary alicyclic amines) is 1. The first kappa shape index (κ1) is 15.4. The number of unbranched alkanes of at least 4 members (excludes halogenated alkanes) is 1. The maximum absolute atomic E-state index is 13.5. The van der Waals surface area contributed by atoms with Crippen molar-refractivity contribution in [2.75, 3.05) is 13.1 Å². The number of rotatable bonds is 6. The molecular weight excluding hydrogens is 325 g/mol. The van der Waals surface area contributed by atoms with Crippen LogP contribution in [0, 0.1) is 5.82 Å². The van der Waals surface area contributed by atoms with Crippen LogP contribution in [0.25, 0.3) is 0 Å². The van der Waals surface area contributed by atoms with E-state index < -0.39 is 5.97 Å². The topological polar surface area (TPSA) is 40.5 Å². The lowest BCUT2D eigenvalue weighted by Gasteiger charge is -2.25. The molecule has 3 nitrogen and oxygen atoms in total. The van der Waals surface area contributed by atoms with Gasteiger partial charge < -0.3 is 5.11 Å². The molecule has 2 rings (SSSR count). The van der Waals surface area contributed by atoms with Crippen molar-refractivity contribution in [2.24, 2.45) is 0 Å². The molecule has 110 valence electrons. The third-order valence-corrected chi connectivity index (χ3v) is 4.18. The number of nitrogens with zero attached hydrogens (tertiary/aromatic N) is 1. The molecule has 0 spiro atoms. The van der Waals surface area contributed by atoms with Crippen LogP contribution in [-0.4, -0.2) is 29.1 Å². The van der Waals surface area contributed by atoms with Crippen molar-refractivity contribution in [2.45, 2.75) is 38.1 Å². The van der Waals surface area contributed by atoms with Crippen LogP contribution in [0.15, 0.2) is 22.7 Å². The predicted octanol–water partition coefficient (Wildman–Crippen LogP) is 3.98. The van der Waals surface area contributed by atoms with Gasteiger partial charge in [-0.05, 0) is 62.5 Å². The lowest BCUT2D eigenvalue weighted by molar-refractivity contribution is -0.137. The van der Waals surface area contributed by atoms with Gasteiger partial charge in [-0.25, -0.2) is 4.39 Å². The van der Waals surface area contributed by atoms with Crippen LogP contribution in [0.3, 0.4) is 0 Å². The van der Waals surface area contributed by atoms with E-state index in [9.17, 15) is 9.18 Å². The molecular formula is C15H19BrFNO2. The lowest BCUT2D eigenvalue weighted by Crippen LogP contribution is -2.24. The summed E-state index contributed by atoms with van der Waals surface area (Å²) in [6, 6.07) is 5.30. The van der Waals surface area contributed by atoms with Gasteiger partial charge in [0.05, 0.1) is 0 Å². The summed E-state index contributed by atoms with van der Waals surface area (Å²) in [5.74, 6) is -0.955. The predicted molar refractivity (Wildman–Crippen MR) is 79.1 cm³/mol. The molecule has 0 bridgehead atoms. The highest BCUT2D eigenvalue weighted by molar-refractivity contribution is 9.10. The van der Waals surface area contributed by atoms with Crippen molar-refractivity contribution < 1.29 is 14.3 Å². The number of carbonyl (C=O) groups is 1. The fourth-order valence-corrected chi connectivity index (χ4v) is 3.31. The number of carboxylic acids is 1. The minimum atomic E-state index is -0.739. The van der Waals surface area contributed by atoms with E-state index in [1.807, 2.05) is 6.07 Å². The number of halogens is 2. The molecule has 1 unspecified atom stereocenters. The summed E-state index contributed by atoms with van der Waals surface area (Å²) < 4.78 is 14.3. The fraction of sp³-hybridized carbons (Fsp3) is 0.533. The molecule has 1 aromatic rings. The number of benzene rings is 1. The Kier molecular flexibility index (Phi) is 5.54. The summed E-state index contributed by atoms with van der Waals surface area (Å²) in [6.45, 7) is 1.89. The summed E-state index contributed by atoms with van der Waals surface area (Å²) in [6.07, 6.45) is 3.95. The first-order valence-electron chi connectivity index (χ1n) is 6.98. The Morgan fingerprint density at radius 2 is 2.20 bits per heavy atom. The van der Waals surface area contributed by atoms with E-state index in [1.54, 1.807) is 6.07 Å². The zero-order valence-corrected chi connectivity index (χ0v) is 12.9. The van der Waals surface area contributed by atoms with Gasteiger partial charge in [-0.3, -0.25) is 9.69 Å². The molecule has 0 aromatic heterocycles. The molecule has 1 fully saturated rings. The molecule has 0 aliphatic carbocycles. The van der Waals surface area contributed by atoms with Gasteiger partial charge in [0, 0.05) is 16.9 Å². The van der Waals surface area contributed by atoms with Gasteiger partial charge in [-0.15, -0.1) is 0 Å². The molecule has 0 saturated carbocycles. The van der Waals surface area contributed by atoms with Crippen molar-refractivity contribution in [1.29, 1.82) is 0 Å². The average Bonchev–Trinajstić information content (AvgIpc) is 2.81. The van der Waals surface area contributed by atoms with Crippen LogP contribution < -0.4 is 0 Å². The Balaban J connectivity index is 1.94. The Morgan fingerprint density at radius 1 is 1.40 bits per heavy atom. The van der Waals surface area contributed by atoms with Gasteiger partial charge in [0.25, 0.3) is 0 Å². The largest absolute Gasteiger partial charge is 0.481 e. The van der Waals surface area contributed by atoms with Crippen LogP contribution in [0.1, 0.15) is 43.7 Å². The zero-order valence-electron chi connectivity index (χ0n) is 11.3. The van der Waals surface area contributed by atoms with Crippen LogP contribution in [-0.2, 0) is 4.79 Å². The summed E-state index contributed by atoms with van der Waals surface area (Å²) in [4.78, 5) is 12.8. The Labute approximate surface area is 126 Å². The maximum atomic E-state index is 13.5. The standard InChI is InChI=1S/C15H19BrFNO2/c16-12-8-11(9-13(17)10-12)14-4-3-7-18(14)6-2-1-5-15(19)20/h8-10,14H,1-7H2,(H,19,20). The summed E-state index contributed by atoms with van der Waals surface area (Å²) in [5, 5.41) is 8.64. The average molecular weight is 344 g/mol. The molecule has 0 radical (unpaired) electrons. The Hall–Kier alpha value is -0.940. The summed E-state index contributed by atoms with van der Waals surface area (Å²) in [7, 11) is 0. The number of hydrogen-bond acceptors (Lipinski definition) is 2. The molecule has 5 heteroatoms. The van der Waals surface area contributed by atoms with Crippen molar-refractivity contribution in [3.63, 3.8) is 0 Å². The monoisotopic (exact) mass is 343 g/mol. The van der Waals surface area contributed by atoms with Gasteiger partial charge in [-0.2, -0.15) is 0 Å². The van der Waals surface area contributed by atoms with Crippen molar-refractivity contribution in [1.82, 2.24) is 4.90 Å².